The van der Waals surface area contributed by atoms with Crippen molar-refractivity contribution in [2.24, 2.45) is 18.9 Å². The summed E-state index contributed by atoms with van der Waals surface area (Å²) in [6, 6.07) is 3.80. The van der Waals surface area contributed by atoms with E-state index < -0.39 is 0 Å². The first-order valence-corrected chi connectivity index (χ1v) is 6.65. The molecule has 2 N–H and O–H groups in total. The van der Waals surface area contributed by atoms with Crippen LogP contribution in [-0.2, 0) is 7.05 Å². The molecule has 4 nitrogen and oxygen atoms in total. The topological polar surface area (TPSA) is 54.3 Å². The molecule has 100 valence electrons. The molecule has 2 unspecified atom stereocenters. The fourth-order valence-corrected chi connectivity index (χ4v) is 2.78. The normalized spacial score (nSPS) is 23.3. The van der Waals surface area contributed by atoms with Crippen molar-refractivity contribution < 1.29 is 9.90 Å². The predicted octanol–water partition coefficient (Wildman–Crippen LogP) is 1.47. The van der Waals surface area contributed by atoms with Gasteiger partial charge >= 0.3 is 0 Å². The van der Waals surface area contributed by atoms with Crippen molar-refractivity contribution in [1.82, 2.24) is 9.88 Å². The lowest BCUT2D eigenvalue weighted by atomic mass is 9.97. The number of amides is 1. The van der Waals surface area contributed by atoms with E-state index in [1.807, 2.05) is 30.7 Å². The van der Waals surface area contributed by atoms with Crippen molar-refractivity contribution in [2.45, 2.75) is 26.2 Å². The van der Waals surface area contributed by atoms with Crippen molar-refractivity contribution in [3.8, 4) is 0 Å². The Balaban J connectivity index is 1.90. The van der Waals surface area contributed by atoms with Crippen molar-refractivity contribution >= 4 is 5.91 Å². The van der Waals surface area contributed by atoms with E-state index in [0.717, 1.165) is 25.0 Å². The number of carbonyl (C=O) groups excluding carboxylic acids is 1. The molecular formula is C14H22N2O2. The van der Waals surface area contributed by atoms with Gasteiger partial charge in [-0.2, -0.15) is 0 Å². The van der Waals surface area contributed by atoms with Crippen LogP contribution in [0.2, 0.25) is 0 Å². The Morgan fingerprint density at radius 1 is 1.44 bits per heavy atom. The Hall–Kier alpha value is -1.29. The van der Waals surface area contributed by atoms with E-state index in [2.05, 4.69) is 5.32 Å². The summed E-state index contributed by atoms with van der Waals surface area (Å²) in [4.78, 5) is 12.0. The Kier molecular flexibility index (Phi) is 4.07. The second-order valence-electron chi connectivity index (χ2n) is 5.26. The zero-order valence-electron chi connectivity index (χ0n) is 11.1. The fourth-order valence-electron chi connectivity index (χ4n) is 2.78. The van der Waals surface area contributed by atoms with Gasteiger partial charge in [-0.05, 0) is 43.7 Å². The summed E-state index contributed by atoms with van der Waals surface area (Å²) in [5, 5.41) is 12.2. The van der Waals surface area contributed by atoms with Gasteiger partial charge in [-0.25, -0.2) is 0 Å². The van der Waals surface area contributed by atoms with Gasteiger partial charge in [0, 0.05) is 25.9 Å². The molecule has 1 fully saturated rings. The number of aliphatic hydroxyl groups excluding tert-OH is 1. The number of hydrogen-bond acceptors (Lipinski definition) is 2. The van der Waals surface area contributed by atoms with Crippen molar-refractivity contribution in [3.05, 3.63) is 23.5 Å². The SMILES string of the molecule is Cc1ccc(C(=O)NCC2CCCC2CO)n1C. The van der Waals surface area contributed by atoms with Crippen LogP contribution in [0.4, 0.5) is 0 Å². The number of aryl methyl sites for hydroxylation is 1. The van der Waals surface area contributed by atoms with Gasteiger partial charge in [0.1, 0.15) is 5.69 Å². The van der Waals surface area contributed by atoms with Gasteiger partial charge in [0.2, 0.25) is 0 Å². The largest absolute Gasteiger partial charge is 0.396 e. The van der Waals surface area contributed by atoms with Crippen LogP contribution in [0.25, 0.3) is 0 Å². The highest BCUT2D eigenvalue weighted by Crippen LogP contribution is 2.30. The molecule has 0 radical (unpaired) electrons. The molecule has 0 bridgehead atoms. The Morgan fingerprint density at radius 2 is 2.17 bits per heavy atom. The molecule has 0 aromatic carbocycles. The van der Waals surface area contributed by atoms with Gasteiger partial charge in [-0.3, -0.25) is 4.79 Å². The second-order valence-corrected chi connectivity index (χ2v) is 5.26. The fraction of sp³-hybridized carbons (Fsp3) is 0.643. The zero-order valence-corrected chi connectivity index (χ0v) is 11.1. The number of aromatic nitrogens is 1. The van der Waals surface area contributed by atoms with E-state index >= 15 is 0 Å². The van der Waals surface area contributed by atoms with E-state index in [1.165, 1.54) is 0 Å². The summed E-state index contributed by atoms with van der Waals surface area (Å²) < 4.78 is 1.90. The van der Waals surface area contributed by atoms with Gasteiger partial charge in [-0.1, -0.05) is 6.42 Å². The molecule has 1 heterocycles. The molecule has 1 aliphatic rings. The zero-order chi connectivity index (χ0) is 13.1. The van der Waals surface area contributed by atoms with E-state index in [-0.39, 0.29) is 12.5 Å². The van der Waals surface area contributed by atoms with E-state index in [4.69, 9.17) is 0 Å². The Bertz CT molecular complexity index is 425. The molecule has 1 aliphatic carbocycles. The van der Waals surface area contributed by atoms with Crippen LogP contribution < -0.4 is 5.32 Å². The minimum absolute atomic E-state index is 0.0193. The number of nitrogens with zero attached hydrogens (tertiary/aromatic N) is 1. The van der Waals surface area contributed by atoms with Gasteiger partial charge < -0.3 is 15.0 Å². The first-order chi connectivity index (χ1) is 8.63. The highest BCUT2D eigenvalue weighted by atomic mass is 16.3. The first-order valence-electron chi connectivity index (χ1n) is 6.65. The van der Waals surface area contributed by atoms with Crippen LogP contribution in [0.1, 0.15) is 35.4 Å². The highest BCUT2D eigenvalue weighted by Gasteiger charge is 2.27. The van der Waals surface area contributed by atoms with Crippen molar-refractivity contribution in [1.29, 1.82) is 0 Å². The van der Waals surface area contributed by atoms with Gasteiger partial charge in [0.15, 0.2) is 0 Å². The number of rotatable bonds is 4. The number of nitrogens with one attached hydrogen (secondary N) is 1. The molecule has 18 heavy (non-hydrogen) atoms. The Labute approximate surface area is 108 Å². The number of aliphatic hydroxyl groups is 1. The molecule has 2 atom stereocenters. The maximum atomic E-state index is 12.0. The van der Waals surface area contributed by atoms with Crippen LogP contribution in [0.5, 0.6) is 0 Å². The number of carbonyl (C=O) groups is 1. The summed E-state index contributed by atoms with van der Waals surface area (Å²) in [5.74, 6) is 0.773. The standard InChI is InChI=1S/C14H22N2O2/c1-10-6-7-13(16(10)2)14(18)15-8-11-4-3-5-12(11)9-17/h6-7,11-12,17H,3-5,8-9H2,1-2H3,(H,15,18). The maximum Gasteiger partial charge on any atom is 0.267 e. The van der Waals surface area contributed by atoms with Crippen LogP contribution in [-0.4, -0.2) is 28.7 Å². The lowest BCUT2D eigenvalue weighted by Crippen LogP contribution is -2.32. The molecule has 0 aliphatic heterocycles. The quantitative estimate of drug-likeness (QED) is 0.850. The Morgan fingerprint density at radius 3 is 2.78 bits per heavy atom. The molecule has 1 aromatic heterocycles. The molecule has 1 aromatic rings. The number of hydrogen-bond donors (Lipinski definition) is 2. The lowest BCUT2D eigenvalue weighted by Gasteiger charge is -2.17. The van der Waals surface area contributed by atoms with Crippen LogP contribution in [0.3, 0.4) is 0 Å². The van der Waals surface area contributed by atoms with Crippen molar-refractivity contribution in [2.75, 3.05) is 13.2 Å². The van der Waals surface area contributed by atoms with E-state index in [0.29, 0.717) is 24.1 Å². The molecule has 1 amide bonds. The van der Waals surface area contributed by atoms with Crippen LogP contribution in [0.15, 0.2) is 12.1 Å². The summed E-state index contributed by atoms with van der Waals surface area (Å²) in [6.07, 6.45) is 3.35. The summed E-state index contributed by atoms with van der Waals surface area (Å²) in [6.45, 7) is 2.90. The monoisotopic (exact) mass is 250 g/mol. The first kappa shape index (κ1) is 13.1. The minimum atomic E-state index is -0.0193. The molecule has 0 saturated heterocycles. The van der Waals surface area contributed by atoms with Gasteiger partial charge in [0.25, 0.3) is 5.91 Å². The summed E-state index contributed by atoms with van der Waals surface area (Å²) in [7, 11) is 1.90. The minimum Gasteiger partial charge on any atom is -0.396 e. The average molecular weight is 250 g/mol. The molecule has 2 rings (SSSR count). The lowest BCUT2D eigenvalue weighted by molar-refractivity contribution is 0.0929. The summed E-state index contributed by atoms with van der Waals surface area (Å²) in [5.41, 5.74) is 1.78. The third-order valence-corrected chi connectivity index (χ3v) is 4.18. The van der Waals surface area contributed by atoms with Crippen LogP contribution in [0, 0.1) is 18.8 Å². The molecule has 4 heteroatoms. The second kappa shape index (κ2) is 5.57. The molecular weight excluding hydrogens is 228 g/mol. The summed E-state index contributed by atoms with van der Waals surface area (Å²) >= 11 is 0. The van der Waals surface area contributed by atoms with Crippen LogP contribution >= 0.6 is 0 Å². The average Bonchev–Trinajstić information content (AvgIpc) is 2.94. The third kappa shape index (κ3) is 2.58. The third-order valence-electron chi connectivity index (χ3n) is 4.18. The van der Waals surface area contributed by atoms with Gasteiger partial charge in [0.05, 0.1) is 0 Å². The molecule has 1 saturated carbocycles. The van der Waals surface area contributed by atoms with E-state index in [1.54, 1.807) is 0 Å². The maximum absolute atomic E-state index is 12.0. The smallest absolute Gasteiger partial charge is 0.267 e. The van der Waals surface area contributed by atoms with E-state index in [9.17, 15) is 9.90 Å². The van der Waals surface area contributed by atoms with Gasteiger partial charge in [-0.15, -0.1) is 0 Å². The van der Waals surface area contributed by atoms with Crippen molar-refractivity contribution in [3.63, 3.8) is 0 Å². The predicted molar refractivity (Wildman–Crippen MR) is 70.4 cm³/mol. The highest BCUT2D eigenvalue weighted by molar-refractivity contribution is 5.92. The molecule has 0 spiro atoms.